The first-order valence-electron chi connectivity index (χ1n) is 6.67. The zero-order valence-electron chi connectivity index (χ0n) is 12.0. The van der Waals surface area contributed by atoms with Crippen molar-refractivity contribution in [3.8, 4) is 0 Å². The standard InChI is InChI=1S/C15H19F2N3/c1-4-14(18)15-9(2)19-20(10(15)3)8-11-7-12(16)5-6-13(11)17/h5-7,14H,4,8,18H2,1-3H3. The molecule has 108 valence electrons. The zero-order chi connectivity index (χ0) is 14.9. The Morgan fingerprint density at radius 3 is 2.65 bits per heavy atom. The number of aryl methyl sites for hydroxylation is 1. The van der Waals surface area contributed by atoms with Gasteiger partial charge in [0.25, 0.3) is 0 Å². The third-order valence-corrected chi connectivity index (χ3v) is 3.58. The molecule has 2 aromatic rings. The predicted octanol–water partition coefficient (Wildman–Crippen LogP) is 3.24. The van der Waals surface area contributed by atoms with Crippen LogP contribution in [0.4, 0.5) is 8.78 Å². The van der Waals surface area contributed by atoms with Crippen molar-refractivity contribution >= 4 is 0 Å². The van der Waals surface area contributed by atoms with E-state index in [0.717, 1.165) is 35.5 Å². The van der Waals surface area contributed by atoms with Gasteiger partial charge in [0.2, 0.25) is 0 Å². The van der Waals surface area contributed by atoms with E-state index in [-0.39, 0.29) is 18.2 Å². The SMILES string of the molecule is CCC(N)c1c(C)nn(Cc2cc(F)ccc2F)c1C. The third kappa shape index (κ3) is 2.72. The summed E-state index contributed by atoms with van der Waals surface area (Å²) >= 11 is 0. The van der Waals surface area contributed by atoms with Crippen LogP contribution in [-0.4, -0.2) is 9.78 Å². The second-order valence-electron chi connectivity index (χ2n) is 4.99. The topological polar surface area (TPSA) is 43.8 Å². The third-order valence-electron chi connectivity index (χ3n) is 3.58. The van der Waals surface area contributed by atoms with Gasteiger partial charge in [0.05, 0.1) is 12.2 Å². The first-order valence-corrected chi connectivity index (χ1v) is 6.67. The summed E-state index contributed by atoms with van der Waals surface area (Å²) in [6.45, 7) is 6.00. The molecule has 1 aromatic carbocycles. The quantitative estimate of drug-likeness (QED) is 0.933. The fraction of sp³-hybridized carbons (Fsp3) is 0.400. The lowest BCUT2D eigenvalue weighted by Gasteiger charge is -2.10. The van der Waals surface area contributed by atoms with E-state index in [0.29, 0.717) is 0 Å². The highest BCUT2D eigenvalue weighted by atomic mass is 19.1. The van der Waals surface area contributed by atoms with E-state index < -0.39 is 11.6 Å². The van der Waals surface area contributed by atoms with E-state index in [1.54, 1.807) is 4.68 Å². The normalized spacial score (nSPS) is 12.7. The molecular formula is C15H19F2N3. The Bertz CT molecular complexity index is 620. The molecular weight excluding hydrogens is 260 g/mol. The molecule has 5 heteroatoms. The van der Waals surface area contributed by atoms with Crippen molar-refractivity contribution in [3.05, 3.63) is 52.3 Å². The summed E-state index contributed by atoms with van der Waals surface area (Å²) in [7, 11) is 0. The molecule has 1 atom stereocenters. The molecule has 1 heterocycles. The summed E-state index contributed by atoms with van der Waals surface area (Å²) in [6, 6.07) is 3.36. The summed E-state index contributed by atoms with van der Waals surface area (Å²) in [4.78, 5) is 0. The van der Waals surface area contributed by atoms with Crippen molar-refractivity contribution in [1.29, 1.82) is 0 Å². The van der Waals surface area contributed by atoms with Gasteiger partial charge in [-0.1, -0.05) is 6.92 Å². The Kier molecular flexibility index (Phi) is 4.18. The molecule has 0 aliphatic carbocycles. The van der Waals surface area contributed by atoms with Crippen LogP contribution < -0.4 is 5.73 Å². The number of benzene rings is 1. The Morgan fingerprint density at radius 2 is 2.00 bits per heavy atom. The number of halogens is 2. The predicted molar refractivity (Wildman–Crippen MR) is 74.4 cm³/mol. The van der Waals surface area contributed by atoms with Gasteiger partial charge in [0.1, 0.15) is 11.6 Å². The van der Waals surface area contributed by atoms with Crippen LogP contribution in [0.2, 0.25) is 0 Å². The Morgan fingerprint density at radius 1 is 1.30 bits per heavy atom. The summed E-state index contributed by atoms with van der Waals surface area (Å²) in [5.74, 6) is -0.881. The van der Waals surface area contributed by atoms with Gasteiger partial charge in [0, 0.05) is 22.9 Å². The minimum absolute atomic E-state index is 0.0823. The molecule has 0 aliphatic heterocycles. The summed E-state index contributed by atoms with van der Waals surface area (Å²) in [5, 5.41) is 4.39. The van der Waals surface area contributed by atoms with Crippen molar-refractivity contribution in [2.75, 3.05) is 0 Å². The van der Waals surface area contributed by atoms with E-state index in [1.165, 1.54) is 6.07 Å². The van der Waals surface area contributed by atoms with Crippen LogP contribution in [-0.2, 0) is 6.54 Å². The Hall–Kier alpha value is -1.75. The highest BCUT2D eigenvalue weighted by Gasteiger charge is 2.17. The fourth-order valence-corrected chi connectivity index (χ4v) is 2.43. The molecule has 2 N–H and O–H groups in total. The smallest absolute Gasteiger partial charge is 0.128 e. The van der Waals surface area contributed by atoms with Gasteiger partial charge in [-0.25, -0.2) is 8.78 Å². The molecule has 1 unspecified atom stereocenters. The van der Waals surface area contributed by atoms with Crippen molar-refractivity contribution in [2.45, 2.75) is 39.8 Å². The molecule has 0 amide bonds. The van der Waals surface area contributed by atoms with E-state index >= 15 is 0 Å². The average Bonchev–Trinajstić information content (AvgIpc) is 2.68. The molecule has 0 bridgehead atoms. The Balaban J connectivity index is 2.37. The molecule has 0 spiro atoms. The van der Waals surface area contributed by atoms with Gasteiger partial charge in [-0.15, -0.1) is 0 Å². The van der Waals surface area contributed by atoms with E-state index in [9.17, 15) is 8.78 Å². The maximum Gasteiger partial charge on any atom is 0.128 e. The van der Waals surface area contributed by atoms with Gasteiger partial charge in [-0.2, -0.15) is 5.10 Å². The lowest BCUT2D eigenvalue weighted by molar-refractivity contribution is 0.561. The minimum Gasteiger partial charge on any atom is -0.324 e. The van der Waals surface area contributed by atoms with Gasteiger partial charge in [-0.05, 0) is 38.5 Å². The van der Waals surface area contributed by atoms with Crippen LogP contribution in [0, 0.1) is 25.5 Å². The van der Waals surface area contributed by atoms with Gasteiger partial charge in [-0.3, -0.25) is 4.68 Å². The molecule has 2 rings (SSSR count). The number of rotatable bonds is 4. The second kappa shape index (κ2) is 5.71. The van der Waals surface area contributed by atoms with Crippen molar-refractivity contribution in [3.63, 3.8) is 0 Å². The monoisotopic (exact) mass is 279 g/mol. The van der Waals surface area contributed by atoms with Crippen LogP contribution in [0.15, 0.2) is 18.2 Å². The summed E-state index contributed by atoms with van der Waals surface area (Å²) < 4.78 is 28.6. The van der Waals surface area contributed by atoms with Crippen molar-refractivity contribution in [1.82, 2.24) is 9.78 Å². The van der Waals surface area contributed by atoms with Gasteiger partial charge < -0.3 is 5.73 Å². The van der Waals surface area contributed by atoms with Gasteiger partial charge >= 0.3 is 0 Å². The maximum absolute atomic E-state index is 13.7. The zero-order valence-corrected chi connectivity index (χ0v) is 12.0. The molecule has 0 fully saturated rings. The number of hydrogen-bond acceptors (Lipinski definition) is 2. The first-order chi connectivity index (χ1) is 9.43. The van der Waals surface area contributed by atoms with Crippen LogP contribution >= 0.6 is 0 Å². The maximum atomic E-state index is 13.7. The molecule has 0 saturated carbocycles. The highest BCUT2D eigenvalue weighted by Crippen LogP contribution is 2.23. The number of hydrogen-bond donors (Lipinski definition) is 1. The van der Waals surface area contributed by atoms with Crippen LogP contribution in [0.1, 0.15) is 41.9 Å². The number of aromatic nitrogens is 2. The number of nitrogens with zero attached hydrogens (tertiary/aromatic N) is 2. The Labute approximate surface area is 117 Å². The largest absolute Gasteiger partial charge is 0.324 e. The van der Waals surface area contributed by atoms with E-state index in [1.807, 2.05) is 20.8 Å². The van der Waals surface area contributed by atoms with Crippen LogP contribution in [0.5, 0.6) is 0 Å². The van der Waals surface area contributed by atoms with Crippen LogP contribution in [0.25, 0.3) is 0 Å². The van der Waals surface area contributed by atoms with Crippen molar-refractivity contribution < 1.29 is 8.78 Å². The highest BCUT2D eigenvalue weighted by molar-refractivity contribution is 5.29. The summed E-state index contributed by atoms with van der Waals surface area (Å²) in [5.41, 5.74) is 9.09. The fourth-order valence-electron chi connectivity index (χ4n) is 2.43. The first kappa shape index (κ1) is 14.7. The van der Waals surface area contributed by atoms with Gasteiger partial charge in [0.15, 0.2) is 0 Å². The molecule has 0 aliphatic rings. The van der Waals surface area contributed by atoms with E-state index in [4.69, 9.17) is 5.73 Å². The minimum atomic E-state index is -0.451. The lowest BCUT2D eigenvalue weighted by atomic mass is 10.0. The molecule has 1 aromatic heterocycles. The summed E-state index contributed by atoms with van der Waals surface area (Å²) in [6.07, 6.45) is 0.807. The van der Waals surface area contributed by atoms with E-state index in [2.05, 4.69) is 5.10 Å². The molecule has 0 saturated heterocycles. The van der Waals surface area contributed by atoms with Crippen LogP contribution in [0.3, 0.4) is 0 Å². The molecule has 20 heavy (non-hydrogen) atoms. The molecule has 3 nitrogen and oxygen atoms in total. The average molecular weight is 279 g/mol. The molecule has 0 radical (unpaired) electrons. The van der Waals surface area contributed by atoms with Crippen molar-refractivity contribution in [2.24, 2.45) is 5.73 Å². The lowest BCUT2D eigenvalue weighted by Crippen LogP contribution is -2.12. The second-order valence-corrected chi connectivity index (χ2v) is 4.99. The number of nitrogens with two attached hydrogens (primary N) is 1.